The third-order valence-corrected chi connectivity index (χ3v) is 2.55. The molecule has 4 nitrogen and oxygen atoms in total. The number of nitrogens with one attached hydrogen (secondary N) is 2. The summed E-state index contributed by atoms with van der Waals surface area (Å²) in [6, 6.07) is 5.45. The lowest BCUT2D eigenvalue weighted by molar-refractivity contribution is 0.811. The van der Waals surface area contributed by atoms with Crippen molar-refractivity contribution in [2.24, 2.45) is 0 Å². The van der Waals surface area contributed by atoms with Crippen molar-refractivity contribution in [3.63, 3.8) is 0 Å². The molecule has 0 fully saturated rings. The summed E-state index contributed by atoms with van der Waals surface area (Å²) in [6.07, 6.45) is 3.51. The van der Waals surface area contributed by atoms with E-state index in [0.717, 1.165) is 11.5 Å². The molecule has 0 amide bonds. The van der Waals surface area contributed by atoms with Gasteiger partial charge in [-0.15, -0.1) is 0 Å². The number of nitrogen functional groups attached to an aromatic ring is 1. The number of anilines is 2. The van der Waals surface area contributed by atoms with Gasteiger partial charge < -0.3 is 16.0 Å². The normalized spacial score (nSPS) is 12.4. The predicted octanol–water partition coefficient (Wildman–Crippen LogP) is 2.82. The molecule has 2 aromatic rings. The van der Waals surface area contributed by atoms with Crippen LogP contribution < -0.4 is 11.1 Å². The highest BCUT2D eigenvalue weighted by Crippen LogP contribution is 2.25. The minimum absolute atomic E-state index is 0.0680. The van der Waals surface area contributed by atoms with Crippen LogP contribution in [0.2, 0.25) is 5.02 Å². The first-order chi connectivity index (χ1) is 7.66. The average molecular weight is 237 g/mol. The Hall–Kier alpha value is -1.68. The summed E-state index contributed by atoms with van der Waals surface area (Å²) in [5.41, 5.74) is 7.33. The maximum atomic E-state index is 5.85. The first kappa shape index (κ1) is 10.8. The molecule has 0 spiro atoms. The van der Waals surface area contributed by atoms with E-state index in [0.29, 0.717) is 10.7 Å². The van der Waals surface area contributed by atoms with Gasteiger partial charge in [-0.25, -0.2) is 4.98 Å². The van der Waals surface area contributed by atoms with Crippen LogP contribution in [0, 0.1) is 0 Å². The maximum absolute atomic E-state index is 5.85. The average Bonchev–Trinajstić information content (AvgIpc) is 2.75. The van der Waals surface area contributed by atoms with Gasteiger partial charge in [0.1, 0.15) is 5.82 Å². The van der Waals surface area contributed by atoms with E-state index in [2.05, 4.69) is 15.3 Å². The molecule has 1 aromatic carbocycles. The van der Waals surface area contributed by atoms with E-state index in [-0.39, 0.29) is 6.04 Å². The molecule has 1 atom stereocenters. The van der Waals surface area contributed by atoms with E-state index in [9.17, 15) is 0 Å². The fraction of sp³-hybridized carbons (Fsp3) is 0.182. The Balaban J connectivity index is 2.15. The lowest BCUT2D eigenvalue weighted by atomic mass is 10.2. The fourth-order valence-electron chi connectivity index (χ4n) is 1.48. The van der Waals surface area contributed by atoms with Gasteiger partial charge in [-0.1, -0.05) is 11.6 Å². The smallest absolute Gasteiger partial charge is 0.128 e. The Morgan fingerprint density at radius 1 is 1.50 bits per heavy atom. The largest absolute Gasteiger partial charge is 0.397 e. The zero-order valence-electron chi connectivity index (χ0n) is 8.87. The molecule has 16 heavy (non-hydrogen) atoms. The lowest BCUT2D eigenvalue weighted by Gasteiger charge is -2.14. The monoisotopic (exact) mass is 236 g/mol. The molecule has 0 aliphatic rings. The SMILES string of the molecule is CC(Nc1ccc(Cl)cc1N)c1ncc[nH]1. The summed E-state index contributed by atoms with van der Waals surface area (Å²) < 4.78 is 0. The highest BCUT2D eigenvalue weighted by Gasteiger charge is 2.08. The number of H-pyrrole nitrogens is 1. The number of nitrogens with zero attached hydrogens (tertiary/aromatic N) is 1. The molecule has 1 heterocycles. The van der Waals surface area contributed by atoms with Crippen LogP contribution in [0.4, 0.5) is 11.4 Å². The number of aromatic nitrogens is 2. The first-order valence-corrected chi connectivity index (χ1v) is 5.35. The van der Waals surface area contributed by atoms with Gasteiger partial charge in [0.25, 0.3) is 0 Å². The van der Waals surface area contributed by atoms with Gasteiger partial charge in [0.15, 0.2) is 0 Å². The summed E-state index contributed by atoms with van der Waals surface area (Å²) in [7, 11) is 0. The number of hydrogen-bond acceptors (Lipinski definition) is 3. The van der Waals surface area contributed by atoms with E-state index in [4.69, 9.17) is 17.3 Å². The number of halogens is 1. The Bertz CT molecular complexity index is 467. The van der Waals surface area contributed by atoms with Crippen LogP contribution in [0.3, 0.4) is 0 Å². The molecule has 1 aromatic heterocycles. The van der Waals surface area contributed by atoms with Crippen molar-refractivity contribution in [3.8, 4) is 0 Å². The van der Waals surface area contributed by atoms with Crippen molar-refractivity contribution in [1.29, 1.82) is 0 Å². The van der Waals surface area contributed by atoms with Crippen molar-refractivity contribution in [2.75, 3.05) is 11.1 Å². The van der Waals surface area contributed by atoms with E-state index < -0.39 is 0 Å². The Morgan fingerprint density at radius 2 is 2.31 bits per heavy atom. The van der Waals surface area contributed by atoms with Crippen LogP contribution >= 0.6 is 11.6 Å². The molecule has 0 aliphatic heterocycles. The van der Waals surface area contributed by atoms with E-state index >= 15 is 0 Å². The second-order valence-electron chi connectivity index (χ2n) is 3.57. The Kier molecular flexibility index (Phi) is 3.01. The van der Waals surface area contributed by atoms with Crippen LogP contribution in [0.5, 0.6) is 0 Å². The second-order valence-corrected chi connectivity index (χ2v) is 4.01. The van der Waals surface area contributed by atoms with Gasteiger partial charge in [-0.05, 0) is 25.1 Å². The van der Waals surface area contributed by atoms with Crippen molar-refractivity contribution < 1.29 is 0 Å². The van der Waals surface area contributed by atoms with E-state index in [1.807, 2.05) is 13.0 Å². The molecular formula is C11H13ClN4. The van der Waals surface area contributed by atoms with Crippen LogP contribution in [-0.2, 0) is 0 Å². The highest BCUT2D eigenvalue weighted by atomic mass is 35.5. The number of hydrogen-bond donors (Lipinski definition) is 3. The number of rotatable bonds is 3. The van der Waals surface area contributed by atoms with Crippen molar-refractivity contribution in [3.05, 3.63) is 41.4 Å². The molecule has 84 valence electrons. The molecule has 0 saturated carbocycles. The summed E-state index contributed by atoms with van der Waals surface area (Å²) in [5.74, 6) is 0.870. The minimum Gasteiger partial charge on any atom is -0.397 e. The molecule has 0 radical (unpaired) electrons. The molecule has 0 aliphatic carbocycles. The molecule has 2 rings (SSSR count). The first-order valence-electron chi connectivity index (χ1n) is 4.97. The van der Waals surface area contributed by atoms with Gasteiger partial charge in [0.05, 0.1) is 17.4 Å². The van der Waals surface area contributed by atoms with Crippen molar-refractivity contribution >= 4 is 23.0 Å². The Labute approximate surface area is 98.8 Å². The number of imidazole rings is 1. The molecule has 0 saturated heterocycles. The quantitative estimate of drug-likeness (QED) is 0.718. The Morgan fingerprint density at radius 3 is 2.94 bits per heavy atom. The molecule has 5 heteroatoms. The third kappa shape index (κ3) is 2.28. The van der Waals surface area contributed by atoms with E-state index in [1.165, 1.54) is 0 Å². The molecule has 1 unspecified atom stereocenters. The maximum Gasteiger partial charge on any atom is 0.128 e. The topological polar surface area (TPSA) is 66.7 Å². The second kappa shape index (κ2) is 4.45. The van der Waals surface area contributed by atoms with Crippen LogP contribution in [0.1, 0.15) is 18.8 Å². The zero-order valence-corrected chi connectivity index (χ0v) is 9.62. The van der Waals surface area contributed by atoms with Crippen molar-refractivity contribution in [2.45, 2.75) is 13.0 Å². The molecule has 0 bridgehead atoms. The van der Waals surface area contributed by atoms with Crippen LogP contribution in [0.15, 0.2) is 30.6 Å². The van der Waals surface area contributed by atoms with Crippen LogP contribution in [0.25, 0.3) is 0 Å². The zero-order chi connectivity index (χ0) is 11.5. The summed E-state index contributed by atoms with van der Waals surface area (Å²) >= 11 is 5.83. The fourth-order valence-corrected chi connectivity index (χ4v) is 1.66. The lowest BCUT2D eigenvalue weighted by Crippen LogP contribution is -2.09. The number of aromatic amines is 1. The summed E-state index contributed by atoms with van der Waals surface area (Å²) in [5, 5.41) is 3.90. The standard InChI is InChI=1S/C11H13ClN4/c1-7(11-14-4-5-15-11)16-10-3-2-8(12)6-9(10)13/h2-7,16H,13H2,1H3,(H,14,15). The number of nitrogens with two attached hydrogens (primary N) is 1. The number of benzene rings is 1. The van der Waals surface area contributed by atoms with Crippen LogP contribution in [-0.4, -0.2) is 9.97 Å². The predicted molar refractivity (Wildman–Crippen MR) is 66.5 cm³/mol. The summed E-state index contributed by atoms with van der Waals surface area (Å²) in [6.45, 7) is 2.01. The summed E-state index contributed by atoms with van der Waals surface area (Å²) in [4.78, 5) is 7.22. The third-order valence-electron chi connectivity index (χ3n) is 2.32. The minimum atomic E-state index is 0.0680. The molecule has 4 N–H and O–H groups in total. The van der Waals surface area contributed by atoms with Gasteiger partial charge in [0.2, 0.25) is 0 Å². The molecular weight excluding hydrogens is 224 g/mol. The van der Waals surface area contributed by atoms with Gasteiger partial charge >= 0.3 is 0 Å². The van der Waals surface area contributed by atoms with Gasteiger partial charge in [-0.3, -0.25) is 0 Å². The van der Waals surface area contributed by atoms with Gasteiger partial charge in [-0.2, -0.15) is 0 Å². The van der Waals surface area contributed by atoms with E-state index in [1.54, 1.807) is 24.5 Å². The highest BCUT2D eigenvalue weighted by molar-refractivity contribution is 6.31. The van der Waals surface area contributed by atoms with Gasteiger partial charge in [0, 0.05) is 17.4 Å². The van der Waals surface area contributed by atoms with Crippen molar-refractivity contribution in [1.82, 2.24) is 9.97 Å².